The smallest absolute Gasteiger partial charge is 0.301 e. The molecule has 8 heteroatoms. The van der Waals surface area contributed by atoms with Gasteiger partial charge in [0, 0.05) is 19.1 Å². The largest absolute Gasteiger partial charge is 0.318 e. The second kappa shape index (κ2) is 7.15. The van der Waals surface area contributed by atoms with Crippen LogP contribution in [0.25, 0.3) is 0 Å². The molecule has 1 heterocycles. The van der Waals surface area contributed by atoms with Gasteiger partial charge in [-0.05, 0) is 38.1 Å². The van der Waals surface area contributed by atoms with Gasteiger partial charge in [0.25, 0.3) is 0 Å². The molecule has 1 fully saturated rings. The molecule has 0 bridgehead atoms. The first-order valence-corrected chi connectivity index (χ1v) is 9.03. The van der Waals surface area contributed by atoms with Crippen LogP contribution in [0.4, 0.5) is 5.69 Å². The number of benzene rings is 1. The molecular formula is C13H19Cl2N3O2S. The van der Waals surface area contributed by atoms with Crippen molar-refractivity contribution in [3.8, 4) is 0 Å². The molecule has 0 amide bonds. The van der Waals surface area contributed by atoms with Crippen LogP contribution in [0.3, 0.4) is 0 Å². The minimum absolute atomic E-state index is 0.0241. The van der Waals surface area contributed by atoms with Crippen molar-refractivity contribution in [1.82, 2.24) is 9.62 Å². The summed E-state index contributed by atoms with van der Waals surface area (Å²) in [4.78, 5) is 0. The van der Waals surface area contributed by atoms with Gasteiger partial charge >= 0.3 is 10.2 Å². The lowest BCUT2D eigenvalue weighted by atomic mass is 10.1. The lowest BCUT2D eigenvalue weighted by molar-refractivity contribution is 0.250. The van der Waals surface area contributed by atoms with Crippen molar-refractivity contribution in [3.05, 3.63) is 28.2 Å². The lowest BCUT2D eigenvalue weighted by Crippen LogP contribution is -2.49. The normalized spacial score (nSPS) is 20.4. The highest BCUT2D eigenvalue weighted by molar-refractivity contribution is 7.90. The summed E-state index contributed by atoms with van der Waals surface area (Å²) in [5, 5.41) is 3.76. The van der Waals surface area contributed by atoms with Crippen LogP contribution in [-0.4, -0.2) is 38.9 Å². The molecule has 1 aliphatic heterocycles. The van der Waals surface area contributed by atoms with Crippen LogP contribution in [0.1, 0.15) is 19.3 Å². The average molecular weight is 352 g/mol. The Hall–Kier alpha value is -0.530. The van der Waals surface area contributed by atoms with Gasteiger partial charge in [-0.1, -0.05) is 29.6 Å². The molecule has 5 nitrogen and oxygen atoms in total. The monoisotopic (exact) mass is 351 g/mol. The number of anilines is 1. The van der Waals surface area contributed by atoms with Crippen molar-refractivity contribution in [3.63, 3.8) is 0 Å². The zero-order chi connectivity index (χ0) is 15.5. The fourth-order valence-electron chi connectivity index (χ4n) is 2.50. The first kappa shape index (κ1) is 16.8. The van der Waals surface area contributed by atoms with Crippen LogP contribution >= 0.6 is 23.2 Å². The second-order valence-electron chi connectivity index (χ2n) is 5.05. The topological polar surface area (TPSA) is 61.4 Å². The third-order valence-electron chi connectivity index (χ3n) is 3.49. The maximum atomic E-state index is 12.5. The van der Waals surface area contributed by atoms with E-state index in [2.05, 4.69) is 10.0 Å². The summed E-state index contributed by atoms with van der Waals surface area (Å²) in [5.74, 6) is 0. The number of hydrogen-bond acceptors (Lipinski definition) is 3. The molecule has 0 aliphatic carbocycles. The SMILES string of the molecule is CNCC1CCCCN1S(=O)(=O)Nc1ccc(Cl)c(Cl)c1. The van der Waals surface area contributed by atoms with Gasteiger partial charge in [-0.15, -0.1) is 0 Å². The number of halogens is 2. The molecule has 1 aromatic rings. The predicted molar refractivity (Wildman–Crippen MR) is 87.3 cm³/mol. The summed E-state index contributed by atoms with van der Waals surface area (Å²) in [6.45, 7) is 1.17. The minimum Gasteiger partial charge on any atom is -0.318 e. The van der Waals surface area contributed by atoms with Gasteiger partial charge in [-0.25, -0.2) is 0 Å². The molecule has 1 aliphatic rings. The zero-order valence-electron chi connectivity index (χ0n) is 11.8. The number of nitrogens with one attached hydrogen (secondary N) is 2. The Morgan fingerprint density at radius 2 is 2.05 bits per heavy atom. The molecule has 1 aromatic carbocycles. The average Bonchev–Trinajstić information content (AvgIpc) is 2.43. The fourth-order valence-corrected chi connectivity index (χ4v) is 4.28. The quantitative estimate of drug-likeness (QED) is 0.857. The van der Waals surface area contributed by atoms with Gasteiger partial charge in [0.05, 0.1) is 15.7 Å². The summed E-state index contributed by atoms with van der Waals surface area (Å²) in [5.41, 5.74) is 0.415. The van der Waals surface area contributed by atoms with Gasteiger partial charge in [-0.2, -0.15) is 12.7 Å². The van der Waals surface area contributed by atoms with Gasteiger partial charge in [0.2, 0.25) is 0 Å². The molecule has 0 saturated carbocycles. The van der Waals surface area contributed by atoms with E-state index in [0.29, 0.717) is 28.8 Å². The Morgan fingerprint density at radius 1 is 1.29 bits per heavy atom. The molecule has 0 aromatic heterocycles. The van der Waals surface area contributed by atoms with E-state index in [4.69, 9.17) is 23.2 Å². The van der Waals surface area contributed by atoms with Gasteiger partial charge in [0.15, 0.2) is 0 Å². The highest BCUT2D eigenvalue weighted by atomic mass is 35.5. The third-order valence-corrected chi connectivity index (χ3v) is 5.82. The van der Waals surface area contributed by atoms with Gasteiger partial charge < -0.3 is 5.32 Å². The molecule has 21 heavy (non-hydrogen) atoms. The van der Waals surface area contributed by atoms with Crippen molar-refractivity contribution in [2.75, 3.05) is 24.9 Å². The number of hydrogen-bond donors (Lipinski definition) is 2. The molecule has 1 atom stereocenters. The predicted octanol–water partition coefficient (Wildman–Crippen LogP) is 2.72. The maximum absolute atomic E-state index is 12.5. The molecule has 1 unspecified atom stereocenters. The van der Waals surface area contributed by atoms with E-state index in [1.165, 1.54) is 10.4 Å². The van der Waals surface area contributed by atoms with Crippen LogP contribution in [0.15, 0.2) is 18.2 Å². The minimum atomic E-state index is -3.60. The van der Waals surface area contributed by atoms with Crippen molar-refractivity contribution >= 4 is 39.1 Å². The van der Waals surface area contributed by atoms with Crippen molar-refractivity contribution in [2.24, 2.45) is 0 Å². The van der Waals surface area contributed by atoms with Crippen LogP contribution < -0.4 is 10.0 Å². The second-order valence-corrected chi connectivity index (χ2v) is 7.49. The molecule has 2 N–H and O–H groups in total. The Labute approximate surface area is 135 Å². The highest BCUT2D eigenvalue weighted by Gasteiger charge is 2.31. The number of piperidine rings is 1. The summed E-state index contributed by atoms with van der Waals surface area (Å²) < 4.78 is 29.2. The number of likely N-dealkylation sites (N-methyl/N-ethyl adjacent to an activating group) is 1. The van der Waals surface area contributed by atoms with E-state index in [0.717, 1.165) is 19.3 Å². The Morgan fingerprint density at radius 3 is 2.71 bits per heavy atom. The van der Waals surface area contributed by atoms with Crippen molar-refractivity contribution in [1.29, 1.82) is 0 Å². The van der Waals surface area contributed by atoms with E-state index < -0.39 is 10.2 Å². The van der Waals surface area contributed by atoms with Crippen LogP contribution in [0, 0.1) is 0 Å². The fraction of sp³-hybridized carbons (Fsp3) is 0.538. The zero-order valence-corrected chi connectivity index (χ0v) is 14.1. The molecule has 118 valence electrons. The first-order chi connectivity index (χ1) is 9.94. The first-order valence-electron chi connectivity index (χ1n) is 6.83. The molecule has 2 rings (SSSR count). The highest BCUT2D eigenvalue weighted by Crippen LogP contribution is 2.27. The summed E-state index contributed by atoms with van der Waals surface area (Å²) in [6.07, 6.45) is 2.79. The third kappa shape index (κ3) is 4.23. The summed E-state index contributed by atoms with van der Waals surface area (Å²) in [7, 11) is -1.77. The van der Waals surface area contributed by atoms with E-state index >= 15 is 0 Å². The standard InChI is InChI=1S/C13H19Cl2N3O2S/c1-16-9-11-4-2-3-7-18(11)21(19,20)17-10-5-6-12(14)13(15)8-10/h5-6,8,11,16-17H,2-4,7,9H2,1H3. The summed E-state index contributed by atoms with van der Waals surface area (Å²) >= 11 is 11.8. The van der Waals surface area contributed by atoms with E-state index in [1.54, 1.807) is 12.1 Å². The Balaban J connectivity index is 2.17. The number of nitrogens with zero attached hydrogens (tertiary/aromatic N) is 1. The molecular weight excluding hydrogens is 333 g/mol. The van der Waals surface area contributed by atoms with E-state index in [9.17, 15) is 8.42 Å². The Kier molecular flexibility index (Phi) is 5.73. The van der Waals surface area contributed by atoms with E-state index in [-0.39, 0.29) is 6.04 Å². The van der Waals surface area contributed by atoms with Gasteiger partial charge in [0.1, 0.15) is 0 Å². The maximum Gasteiger partial charge on any atom is 0.301 e. The number of rotatable bonds is 5. The lowest BCUT2D eigenvalue weighted by Gasteiger charge is -2.34. The van der Waals surface area contributed by atoms with Crippen molar-refractivity contribution in [2.45, 2.75) is 25.3 Å². The van der Waals surface area contributed by atoms with E-state index in [1.807, 2.05) is 7.05 Å². The Bertz CT molecular complexity index is 593. The summed E-state index contributed by atoms with van der Waals surface area (Å²) in [6, 6.07) is 4.66. The van der Waals surface area contributed by atoms with Crippen LogP contribution in [-0.2, 0) is 10.2 Å². The van der Waals surface area contributed by atoms with Gasteiger partial charge in [-0.3, -0.25) is 4.72 Å². The van der Waals surface area contributed by atoms with Crippen LogP contribution in [0.5, 0.6) is 0 Å². The molecule has 0 radical (unpaired) electrons. The molecule has 0 spiro atoms. The van der Waals surface area contributed by atoms with Crippen LogP contribution in [0.2, 0.25) is 10.0 Å². The molecule has 1 saturated heterocycles. The van der Waals surface area contributed by atoms with Crippen molar-refractivity contribution < 1.29 is 8.42 Å².